The third-order valence-electron chi connectivity index (χ3n) is 3.61. The Bertz CT molecular complexity index is 440. The van der Waals surface area contributed by atoms with Gasteiger partial charge in [-0.05, 0) is 12.8 Å². The molecule has 0 aromatic carbocycles. The SMILES string of the molecule is CCC1(CC)C(=O)NCC(=O)N1Cc1cncs1. The fourth-order valence-corrected chi connectivity index (χ4v) is 3.03. The van der Waals surface area contributed by atoms with E-state index in [4.69, 9.17) is 0 Å². The molecule has 1 saturated heterocycles. The van der Waals surface area contributed by atoms with Crippen LogP contribution < -0.4 is 5.32 Å². The van der Waals surface area contributed by atoms with Crippen LogP contribution in [0.15, 0.2) is 11.7 Å². The van der Waals surface area contributed by atoms with Crippen molar-refractivity contribution in [2.24, 2.45) is 0 Å². The van der Waals surface area contributed by atoms with E-state index in [0.717, 1.165) is 4.88 Å². The minimum atomic E-state index is -0.709. The van der Waals surface area contributed by atoms with E-state index >= 15 is 0 Å². The standard InChI is InChI=1S/C12H17N3O2S/c1-3-12(4-2)11(17)14-6-10(16)15(12)7-9-5-13-8-18-9/h5,8H,3-4,6-7H2,1-2H3,(H,14,17). The van der Waals surface area contributed by atoms with Gasteiger partial charge in [-0.15, -0.1) is 11.3 Å². The minimum Gasteiger partial charge on any atom is -0.345 e. The van der Waals surface area contributed by atoms with E-state index in [9.17, 15) is 9.59 Å². The summed E-state index contributed by atoms with van der Waals surface area (Å²) in [6.07, 6.45) is 3.00. The minimum absolute atomic E-state index is 0.0216. The predicted molar refractivity (Wildman–Crippen MR) is 69.0 cm³/mol. The van der Waals surface area contributed by atoms with Crippen molar-refractivity contribution in [1.29, 1.82) is 0 Å². The van der Waals surface area contributed by atoms with Crippen LogP contribution >= 0.6 is 11.3 Å². The highest BCUT2D eigenvalue weighted by Crippen LogP contribution is 2.29. The molecule has 0 spiro atoms. The molecule has 1 aromatic heterocycles. The van der Waals surface area contributed by atoms with Crippen LogP contribution in [0.3, 0.4) is 0 Å². The molecule has 1 N–H and O–H groups in total. The van der Waals surface area contributed by atoms with E-state index < -0.39 is 5.54 Å². The second-order valence-electron chi connectivity index (χ2n) is 4.37. The van der Waals surface area contributed by atoms with Crippen molar-refractivity contribution in [2.45, 2.75) is 38.8 Å². The molecule has 0 bridgehead atoms. The van der Waals surface area contributed by atoms with E-state index in [1.165, 1.54) is 11.3 Å². The van der Waals surface area contributed by atoms with Crippen LogP contribution in [0.4, 0.5) is 0 Å². The van der Waals surface area contributed by atoms with Crippen LogP contribution in [0.1, 0.15) is 31.6 Å². The van der Waals surface area contributed by atoms with Gasteiger partial charge in [0.1, 0.15) is 5.54 Å². The molecule has 6 heteroatoms. The van der Waals surface area contributed by atoms with Gasteiger partial charge < -0.3 is 10.2 Å². The average molecular weight is 267 g/mol. The summed E-state index contributed by atoms with van der Waals surface area (Å²) in [7, 11) is 0. The molecule has 0 aliphatic carbocycles. The summed E-state index contributed by atoms with van der Waals surface area (Å²) in [5.74, 6) is -0.0664. The van der Waals surface area contributed by atoms with Gasteiger partial charge in [0, 0.05) is 11.1 Å². The molecule has 2 amide bonds. The average Bonchev–Trinajstić information content (AvgIpc) is 2.88. The summed E-state index contributed by atoms with van der Waals surface area (Å²) in [5.41, 5.74) is 1.03. The van der Waals surface area contributed by atoms with E-state index in [1.807, 2.05) is 13.8 Å². The highest BCUT2D eigenvalue weighted by atomic mass is 32.1. The molecule has 1 fully saturated rings. The molecule has 0 saturated carbocycles. The molecule has 98 valence electrons. The third-order valence-corrected chi connectivity index (χ3v) is 4.37. The fourth-order valence-electron chi connectivity index (χ4n) is 2.45. The van der Waals surface area contributed by atoms with E-state index in [0.29, 0.717) is 19.4 Å². The highest BCUT2D eigenvalue weighted by molar-refractivity contribution is 7.09. The Morgan fingerprint density at radius 1 is 1.44 bits per heavy atom. The Balaban J connectivity index is 2.31. The molecule has 0 atom stereocenters. The smallest absolute Gasteiger partial charge is 0.246 e. The van der Waals surface area contributed by atoms with Crippen LogP contribution in [-0.4, -0.2) is 33.8 Å². The van der Waals surface area contributed by atoms with E-state index in [-0.39, 0.29) is 18.4 Å². The number of carbonyl (C=O) groups excluding carboxylic acids is 2. The number of hydrogen-bond donors (Lipinski definition) is 1. The molecule has 0 unspecified atom stereocenters. The lowest BCUT2D eigenvalue weighted by Crippen LogP contribution is -2.66. The van der Waals surface area contributed by atoms with Crippen molar-refractivity contribution >= 4 is 23.2 Å². The molecule has 1 aliphatic rings. The van der Waals surface area contributed by atoms with Crippen molar-refractivity contribution in [3.8, 4) is 0 Å². The first kappa shape index (κ1) is 13.0. The summed E-state index contributed by atoms with van der Waals surface area (Å²) in [6.45, 7) is 4.46. The molecule has 0 radical (unpaired) electrons. The molecule has 1 aliphatic heterocycles. The number of carbonyl (C=O) groups is 2. The third kappa shape index (κ3) is 2.01. The summed E-state index contributed by atoms with van der Waals surface area (Å²) >= 11 is 1.50. The monoisotopic (exact) mass is 267 g/mol. The maximum atomic E-state index is 12.1. The van der Waals surface area contributed by atoms with Crippen LogP contribution in [0.2, 0.25) is 0 Å². The maximum absolute atomic E-state index is 12.1. The summed E-state index contributed by atoms with van der Waals surface area (Å²) in [5, 5.41) is 2.69. The number of aromatic nitrogens is 1. The van der Waals surface area contributed by atoms with Gasteiger partial charge in [-0.1, -0.05) is 13.8 Å². The van der Waals surface area contributed by atoms with Crippen LogP contribution in [0.5, 0.6) is 0 Å². The number of nitrogens with zero attached hydrogens (tertiary/aromatic N) is 2. The van der Waals surface area contributed by atoms with Crippen molar-refractivity contribution < 1.29 is 9.59 Å². The molecule has 18 heavy (non-hydrogen) atoms. The first-order chi connectivity index (χ1) is 8.64. The maximum Gasteiger partial charge on any atom is 0.246 e. The predicted octanol–water partition coefficient (Wildman–Crippen LogP) is 1.16. The van der Waals surface area contributed by atoms with Crippen LogP contribution in [0, 0.1) is 0 Å². The van der Waals surface area contributed by atoms with Gasteiger partial charge in [-0.2, -0.15) is 0 Å². The lowest BCUT2D eigenvalue weighted by atomic mass is 9.87. The zero-order valence-electron chi connectivity index (χ0n) is 10.6. The van der Waals surface area contributed by atoms with Gasteiger partial charge in [-0.3, -0.25) is 14.6 Å². The molecule has 1 aromatic rings. The van der Waals surface area contributed by atoms with Gasteiger partial charge in [-0.25, -0.2) is 0 Å². The van der Waals surface area contributed by atoms with Gasteiger partial charge >= 0.3 is 0 Å². The first-order valence-corrected chi connectivity index (χ1v) is 6.98. The van der Waals surface area contributed by atoms with E-state index in [2.05, 4.69) is 10.3 Å². The summed E-state index contributed by atoms with van der Waals surface area (Å²) in [6, 6.07) is 0. The van der Waals surface area contributed by atoms with Crippen molar-refractivity contribution in [2.75, 3.05) is 6.54 Å². The summed E-state index contributed by atoms with van der Waals surface area (Å²) < 4.78 is 0. The van der Waals surface area contributed by atoms with Crippen LogP contribution in [-0.2, 0) is 16.1 Å². The Hall–Kier alpha value is -1.43. The Morgan fingerprint density at radius 2 is 2.17 bits per heavy atom. The highest BCUT2D eigenvalue weighted by Gasteiger charge is 2.46. The number of amides is 2. The van der Waals surface area contributed by atoms with Crippen LogP contribution in [0.25, 0.3) is 0 Å². The second-order valence-corrected chi connectivity index (χ2v) is 5.34. The quantitative estimate of drug-likeness (QED) is 0.890. The Kier molecular flexibility index (Phi) is 3.65. The number of nitrogens with one attached hydrogen (secondary N) is 1. The second kappa shape index (κ2) is 5.06. The zero-order chi connectivity index (χ0) is 13.2. The summed E-state index contributed by atoms with van der Waals surface area (Å²) in [4.78, 5) is 31.0. The number of piperazine rings is 1. The molecular formula is C12H17N3O2S. The lowest BCUT2D eigenvalue weighted by Gasteiger charge is -2.44. The van der Waals surface area contributed by atoms with Crippen molar-refractivity contribution in [3.05, 3.63) is 16.6 Å². The van der Waals surface area contributed by atoms with E-state index in [1.54, 1.807) is 16.6 Å². The first-order valence-electron chi connectivity index (χ1n) is 6.10. The molecule has 2 rings (SSSR count). The fraction of sp³-hybridized carbons (Fsp3) is 0.583. The van der Waals surface area contributed by atoms with Gasteiger partial charge in [0.15, 0.2) is 0 Å². The zero-order valence-corrected chi connectivity index (χ0v) is 11.4. The normalized spacial score (nSPS) is 18.9. The lowest BCUT2D eigenvalue weighted by molar-refractivity contribution is -0.155. The topological polar surface area (TPSA) is 62.3 Å². The molecular weight excluding hydrogens is 250 g/mol. The molecule has 5 nitrogen and oxygen atoms in total. The van der Waals surface area contributed by atoms with Gasteiger partial charge in [0.2, 0.25) is 11.8 Å². The number of rotatable bonds is 4. The Morgan fingerprint density at radius 3 is 2.72 bits per heavy atom. The van der Waals surface area contributed by atoms with Gasteiger partial charge in [0.05, 0.1) is 18.6 Å². The van der Waals surface area contributed by atoms with Gasteiger partial charge in [0.25, 0.3) is 0 Å². The number of thiazole rings is 1. The van der Waals surface area contributed by atoms with Crippen molar-refractivity contribution in [1.82, 2.24) is 15.2 Å². The molecule has 2 heterocycles. The Labute approximate surface area is 110 Å². The number of hydrogen-bond acceptors (Lipinski definition) is 4. The largest absolute Gasteiger partial charge is 0.345 e. The van der Waals surface area contributed by atoms with Crippen molar-refractivity contribution in [3.63, 3.8) is 0 Å².